The maximum Gasteiger partial charge on any atom is 0.146 e. The highest BCUT2D eigenvalue weighted by Gasteiger charge is 2.48. The molecule has 24 heavy (non-hydrogen) atoms. The van der Waals surface area contributed by atoms with Gasteiger partial charge in [0.15, 0.2) is 0 Å². The molecule has 0 atom stereocenters. The molecule has 0 amide bonds. The summed E-state index contributed by atoms with van der Waals surface area (Å²) in [5.74, 6) is 2.47. The van der Waals surface area contributed by atoms with Crippen LogP contribution in [0.5, 0.6) is 0 Å². The number of anilines is 1. The molecule has 124 valence electrons. The summed E-state index contributed by atoms with van der Waals surface area (Å²) in [6, 6.07) is 2.04. The topological polar surface area (TPSA) is 84.8 Å². The van der Waals surface area contributed by atoms with E-state index in [1.54, 1.807) is 18.0 Å². The van der Waals surface area contributed by atoms with Crippen molar-refractivity contribution in [2.75, 3.05) is 25.1 Å². The lowest BCUT2D eigenvalue weighted by molar-refractivity contribution is -0.0446. The predicted molar refractivity (Wildman–Crippen MR) is 87.8 cm³/mol. The number of aryl methyl sites for hydroxylation is 1. The molecule has 4 heterocycles. The average Bonchev–Trinajstić information content (AvgIpc) is 3.14. The zero-order valence-corrected chi connectivity index (χ0v) is 13.7. The van der Waals surface area contributed by atoms with Gasteiger partial charge in [-0.05, 0) is 18.9 Å². The van der Waals surface area contributed by atoms with Crippen molar-refractivity contribution in [2.24, 2.45) is 7.05 Å². The van der Waals surface area contributed by atoms with Crippen LogP contribution in [0.1, 0.15) is 30.3 Å². The van der Waals surface area contributed by atoms with Crippen LogP contribution in [-0.2, 0) is 17.4 Å². The summed E-state index contributed by atoms with van der Waals surface area (Å²) in [4.78, 5) is 15.0. The van der Waals surface area contributed by atoms with Gasteiger partial charge >= 0.3 is 0 Å². The Labute approximate surface area is 138 Å². The lowest BCUT2D eigenvalue weighted by atomic mass is 9.90. The van der Waals surface area contributed by atoms with Gasteiger partial charge in [0.1, 0.15) is 22.9 Å². The third-order valence-electron chi connectivity index (χ3n) is 5.12. The van der Waals surface area contributed by atoms with E-state index in [9.17, 15) is 0 Å². The van der Waals surface area contributed by atoms with E-state index in [4.69, 9.17) is 9.72 Å². The maximum atomic E-state index is 5.84. The molecule has 1 N–H and O–H groups in total. The molecular formula is C16H19N7O. The fourth-order valence-electron chi connectivity index (χ4n) is 3.52. The number of aromatic amines is 1. The largest absolute Gasteiger partial charge is 0.368 e. The number of nitrogens with zero attached hydrogens (tertiary/aromatic N) is 6. The van der Waals surface area contributed by atoms with Gasteiger partial charge in [-0.3, -0.25) is 0 Å². The number of H-pyrrole nitrogens is 1. The number of methoxy groups -OCH3 is 1. The first kappa shape index (κ1) is 13.9. The molecule has 0 unspecified atom stereocenters. The van der Waals surface area contributed by atoms with Crippen molar-refractivity contribution in [3.63, 3.8) is 0 Å². The summed E-state index contributed by atoms with van der Waals surface area (Å²) in [5.41, 5.74) is 1.52. The molecule has 0 bridgehead atoms. The minimum Gasteiger partial charge on any atom is -0.368 e. The molecule has 3 aromatic rings. The Bertz CT molecular complexity index is 904. The predicted octanol–water partition coefficient (Wildman–Crippen LogP) is 1.33. The third kappa shape index (κ3) is 1.89. The fraction of sp³-hybridized carbons (Fsp3) is 0.500. The molecule has 5 rings (SSSR count). The molecule has 1 aliphatic carbocycles. The van der Waals surface area contributed by atoms with Crippen LogP contribution in [0.4, 0.5) is 5.82 Å². The molecule has 8 nitrogen and oxygen atoms in total. The lowest BCUT2D eigenvalue weighted by Gasteiger charge is -2.49. The Morgan fingerprint density at radius 2 is 2.12 bits per heavy atom. The minimum atomic E-state index is -0.383. The summed E-state index contributed by atoms with van der Waals surface area (Å²) < 4.78 is 7.62. The van der Waals surface area contributed by atoms with Crippen LogP contribution < -0.4 is 4.90 Å². The zero-order chi connectivity index (χ0) is 16.3. The van der Waals surface area contributed by atoms with Gasteiger partial charge in [-0.15, -0.1) is 5.10 Å². The highest BCUT2D eigenvalue weighted by atomic mass is 16.5. The van der Waals surface area contributed by atoms with Crippen LogP contribution >= 0.6 is 0 Å². The quantitative estimate of drug-likeness (QED) is 0.779. The van der Waals surface area contributed by atoms with Crippen LogP contribution in [0, 0.1) is 0 Å². The number of nitrogens with one attached hydrogen (secondary N) is 1. The van der Waals surface area contributed by atoms with Gasteiger partial charge in [0.05, 0.1) is 30.4 Å². The fourth-order valence-corrected chi connectivity index (χ4v) is 3.52. The van der Waals surface area contributed by atoms with Crippen molar-refractivity contribution in [3.8, 4) is 0 Å². The van der Waals surface area contributed by atoms with Gasteiger partial charge in [0, 0.05) is 26.3 Å². The molecule has 2 fully saturated rings. The highest BCUT2D eigenvalue weighted by molar-refractivity contribution is 5.88. The Kier molecular flexibility index (Phi) is 2.76. The number of hydrogen-bond donors (Lipinski definition) is 1. The monoisotopic (exact) mass is 325 g/mol. The smallest absolute Gasteiger partial charge is 0.146 e. The Balaban J connectivity index is 1.51. The van der Waals surface area contributed by atoms with E-state index < -0.39 is 0 Å². The first-order chi connectivity index (χ1) is 11.7. The zero-order valence-electron chi connectivity index (χ0n) is 13.7. The standard InChI is InChI=1S/C16H19N7O/c1-22-12(7-18-21-22)16(24-2)8-23(9-16)15-11-5-6-17-14(11)19-13(20-15)10-3-4-10/h5-7,10H,3-4,8-9H2,1-2H3,(H,17,19,20). The van der Waals surface area contributed by atoms with Gasteiger partial charge < -0.3 is 14.6 Å². The van der Waals surface area contributed by atoms with Crippen LogP contribution in [0.15, 0.2) is 18.5 Å². The normalized spacial score (nSPS) is 19.7. The first-order valence-electron chi connectivity index (χ1n) is 8.20. The highest BCUT2D eigenvalue weighted by Crippen LogP contribution is 2.42. The molecule has 1 aliphatic heterocycles. The summed E-state index contributed by atoms with van der Waals surface area (Å²) in [6.07, 6.45) is 6.08. The number of ether oxygens (including phenoxy) is 1. The van der Waals surface area contributed by atoms with E-state index >= 15 is 0 Å². The van der Waals surface area contributed by atoms with Crippen LogP contribution in [0.25, 0.3) is 11.0 Å². The molecule has 2 aliphatic rings. The lowest BCUT2D eigenvalue weighted by Crippen LogP contribution is -2.61. The van der Waals surface area contributed by atoms with E-state index in [0.29, 0.717) is 5.92 Å². The molecule has 1 saturated carbocycles. The summed E-state index contributed by atoms with van der Waals surface area (Å²) in [5, 5.41) is 9.08. The molecule has 8 heteroatoms. The van der Waals surface area contributed by atoms with Crippen LogP contribution in [0.2, 0.25) is 0 Å². The van der Waals surface area contributed by atoms with E-state index in [2.05, 4.69) is 25.2 Å². The van der Waals surface area contributed by atoms with Crippen molar-refractivity contribution >= 4 is 16.9 Å². The molecule has 0 aromatic carbocycles. The Morgan fingerprint density at radius 3 is 2.79 bits per heavy atom. The Morgan fingerprint density at radius 1 is 1.29 bits per heavy atom. The van der Waals surface area contributed by atoms with Crippen molar-refractivity contribution in [1.82, 2.24) is 29.9 Å². The van der Waals surface area contributed by atoms with E-state index in [1.807, 2.05) is 19.3 Å². The number of rotatable bonds is 4. The number of aromatic nitrogens is 6. The number of fused-ring (bicyclic) bond motifs is 1. The van der Waals surface area contributed by atoms with E-state index in [1.165, 1.54) is 12.8 Å². The molecule has 0 spiro atoms. The third-order valence-corrected chi connectivity index (χ3v) is 5.12. The van der Waals surface area contributed by atoms with Gasteiger partial charge in [-0.1, -0.05) is 5.21 Å². The molecule has 1 saturated heterocycles. The Hall–Kier alpha value is -2.48. The summed E-state index contributed by atoms with van der Waals surface area (Å²) in [7, 11) is 3.64. The van der Waals surface area contributed by atoms with Gasteiger partial charge in [-0.2, -0.15) is 0 Å². The second kappa shape index (κ2) is 4.76. The summed E-state index contributed by atoms with van der Waals surface area (Å²) >= 11 is 0. The van der Waals surface area contributed by atoms with Gasteiger partial charge in [0.25, 0.3) is 0 Å². The van der Waals surface area contributed by atoms with Crippen LogP contribution in [0.3, 0.4) is 0 Å². The van der Waals surface area contributed by atoms with Crippen molar-refractivity contribution in [3.05, 3.63) is 30.0 Å². The van der Waals surface area contributed by atoms with Crippen molar-refractivity contribution < 1.29 is 4.74 Å². The minimum absolute atomic E-state index is 0.383. The molecule has 3 aromatic heterocycles. The summed E-state index contributed by atoms with van der Waals surface area (Å²) in [6.45, 7) is 1.46. The second-order valence-corrected chi connectivity index (χ2v) is 6.72. The second-order valence-electron chi connectivity index (χ2n) is 6.72. The maximum absolute atomic E-state index is 5.84. The van der Waals surface area contributed by atoms with Gasteiger partial charge in [-0.25, -0.2) is 14.6 Å². The molecule has 0 radical (unpaired) electrons. The van der Waals surface area contributed by atoms with Crippen molar-refractivity contribution in [2.45, 2.75) is 24.4 Å². The first-order valence-corrected chi connectivity index (χ1v) is 8.20. The molecular weight excluding hydrogens is 306 g/mol. The SMILES string of the molecule is COC1(c2cnnn2C)CN(c2nc(C3CC3)nc3[nH]ccc23)C1. The van der Waals surface area contributed by atoms with Crippen LogP contribution in [-0.4, -0.2) is 50.1 Å². The van der Waals surface area contributed by atoms with E-state index in [-0.39, 0.29) is 5.60 Å². The average molecular weight is 325 g/mol. The number of hydrogen-bond acceptors (Lipinski definition) is 6. The van der Waals surface area contributed by atoms with E-state index in [0.717, 1.165) is 41.5 Å². The van der Waals surface area contributed by atoms with Crippen molar-refractivity contribution in [1.29, 1.82) is 0 Å². The van der Waals surface area contributed by atoms with Gasteiger partial charge in [0.2, 0.25) is 0 Å².